The minimum Gasteiger partial charge on any atom is -0.494 e. The fourth-order valence-electron chi connectivity index (χ4n) is 2.27. The molecule has 6 heteroatoms. The quantitative estimate of drug-likeness (QED) is 0.777. The first-order valence-corrected chi connectivity index (χ1v) is 8.37. The van der Waals surface area contributed by atoms with Gasteiger partial charge in [-0.2, -0.15) is 0 Å². The van der Waals surface area contributed by atoms with E-state index in [-0.39, 0.29) is 17.7 Å². The Hall–Kier alpha value is -2.60. The van der Waals surface area contributed by atoms with Crippen molar-refractivity contribution in [3.63, 3.8) is 0 Å². The van der Waals surface area contributed by atoms with Crippen LogP contribution >= 0.6 is 11.8 Å². The Kier molecular flexibility index (Phi) is 4.96. The Morgan fingerprint density at radius 3 is 2.62 bits per heavy atom. The molecule has 0 radical (unpaired) electrons. The summed E-state index contributed by atoms with van der Waals surface area (Å²) < 4.78 is 5.39. The van der Waals surface area contributed by atoms with Crippen LogP contribution in [0.15, 0.2) is 53.6 Å². The van der Waals surface area contributed by atoms with Crippen molar-refractivity contribution in [2.45, 2.75) is 13.5 Å². The molecular weight excluding hydrogens is 324 g/mol. The van der Waals surface area contributed by atoms with Crippen molar-refractivity contribution in [3.8, 4) is 5.75 Å². The smallest absolute Gasteiger partial charge is 0.293 e. The van der Waals surface area contributed by atoms with Gasteiger partial charge >= 0.3 is 0 Å². The Balaban J connectivity index is 1.75. The molecule has 5 nitrogen and oxygen atoms in total. The summed E-state index contributed by atoms with van der Waals surface area (Å²) in [4.78, 5) is 30.4. The molecule has 122 valence electrons. The number of nitrogens with zero attached hydrogens (tertiary/aromatic N) is 2. The lowest BCUT2D eigenvalue weighted by Gasteiger charge is -2.11. The fourth-order valence-corrected chi connectivity index (χ4v) is 3.11. The number of ether oxygens (including phenoxy) is 1. The molecule has 3 rings (SSSR count). The molecule has 0 atom stereocenters. The van der Waals surface area contributed by atoms with Gasteiger partial charge in [0.1, 0.15) is 5.75 Å². The van der Waals surface area contributed by atoms with E-state index in [0.29, 0.717) is 17.2 Å². The van der Waals surface area contributed by atoms with E-state index >= 15 is 0 Å². The molecule has 2 aromatic rings. The van der Waals surface area contributed by atoms with E-state index in [1.54, 1.807) is 24.4 Å². The Morgan fingerprint density at radius 2 is 1.96 bits per heavy atom. The van der Waals surface area contributed by atoms with Crippen LogP contribution < -0.4 is 4.74 Å². The number of rotatable bonds is 5. The number of aromatic nitrogens is 1. The Bertz CT molecular complexity index is 773. The summed E-state index contributed by atoms with van der Waals surface area (Å²) in [6.07, 6.45) is 3.36. The second-order valence-electron chi connectivity index (χ2n) is 5.09. The third-order valence-electron chi connectivity index (χ3n) is 3.41. The highest BCUT2D eigenvalue weighted by Gasteiger charge is 2.35. The summed E-state index contributed by atoms with van der Waals surface area (Å²) in [6, 6.07) is 12.8. The number of hydrogen-bond acceptors (Lipinski definition) is 5. The number of benzene rings is 1. The van der Waals surface area contributed by atoms with Crippen molar-refractivity contribution < 1.29 is 14.3 Å². The third-order valence-corrected chi connectivity index (χ3v) is 4.32. The predicted molar refractivity (Wildman–Crippen MR) is 93.4 cm³/mol. The maximum Gasteiger partial charge on any atom is 0.293 e. The first-order chi connectivity index (χ1) is 11.7. The van der Waals surface area contributed by atoms with Crippen LogP contribution in [-0.2, 0) is 11.3 Å². The van der Waals surface area contributed by atoms with Crippen molar-refractivity contribution in [1.29, 1.82) is 0 Å². The molecule has 1 aromatic heterocycles. The van der Waals surface area contributed by atoms with Crippen LogP contribution in [0, 0.1) is 0 Å². The van der Waals surface area contributed by atoms with Crippen LogP contribution in [0.2, 0.25) is 0 Å². The number of imide groups is 1. The summed E-state index contributed by atoms with van der Waals surface area (Å²) in [6.45, 7) is 2.71. The maximum absolute atomic E-state index is 12.5. The highest BCUT2D eigenvalue weighted by molar-refractivity contribution is 8.18. The topological polar surface area (TPSA) is 59.5 Å². The van der Waals surface area contributed by atoms with Gasteiger partial charge in [0.2, 0.25) is 0 Å². The number of carbonyl (C=O) groups is 2. The minimum atomic E-state index is -0.287. The van der Waals surface area contributed by atoms with Crippen LogP contribution in [0.4, 0.5) is 4.79 Å². The van der Waals surface area contributed by atoms with E-state index < -0.39 is 0 Å². The first-order valence-electron chi connectivity index (χ1n) is 7.55. The summed E-state index contributed by atoms with van der Waals surface area (Å²) in [7, 11) is 0. The molecule has 0 bridgehead atoms. The highest BCUT2D eigenvalue weighted by atomic mass is 32.2. The molecule has 1 saturated heterocycles. The summed E-state index contributed by atoms with van der Waals surface area (Å²) in [5.74, 6) is 0.488. The van der Waals surface area contributed by atoms with E-state index in [4.69, 9.17) is 4.74 Å². The number of hydrogen-bond donors (Lipinski definition) is 0. The number of carbonyl (C=O) groups excluding carboxylic acids is 2. The van der Waals surface area contributed by atoms with Crippen LogP contribution in [0.25, 0.3) is 6.08 Å². The van der Waals surface area contributed by atoms with Gasteiger partial charge in [-0.05, 0) is 54.6 Å². The zero-order chi connectivity index (χ0) is 16.9. The molecule has 0 spiro atoms. The van der Waals surface area contributed by atoms with E-state index in [1.165, 1.54) is 4.90 Å². The lowest BCUT2D eigenvalue weighted by atomic mass is 10.2. The Morgan fingerprint density at radius 1 is 1.17 bits per heavy atom. The van der Waals surface area contributed by atoms with E-state index in [0.717, 1.165) is 23.1 Å². The SMILES string of the molecule is CCOc1ccc(/C=C2/SC(=O)N(Cc3ccccn3)C2=O)cc1. The van der Waals surface area contributed by atoms with Gasteiger partial charge in [-0.1, -0.05) is 18.2 Å². The molecule has 0 saturated carbocycles. The normalized spacial score (nSPS) is 16.0. The van der Waals surface area contributed by atoms with E-state index in [9.17, 15) is 9.59 Å². The lowest BCUT2D eigenvalue weighted by molar-refractivity contribution is -0.123. The standard InChI is InChI=1S/C18H16N2O3S/c1-2-23-15-8-6-13(7-9-15)11-16-17(21)20(18(22)24-16)12-14-5-3-4-10-19-14/h3-11H,2,12H2,1H3/b16-11+. The average Bonchev–Trinajstić information content (AvgIpc) is 2.85. The van der Waals surface area contributed by atoms with Crippen molar-refractivity contribution >= 4 is 29.0 Å². The molecule has 0 unspecified atom stereocenters. The zero-order valence-corrected chi connectivity index (χ0v) is 14.0. The zero-order valence-electron chi connectivity index (χ0n) is 13.1. The molecule has 1 aliphatic heterocycles. The molecule has 0 aliphatic carbocycles. The van der Waals surface area contributed by atoms with Gasteiger partial charge < -0.3 is 4.74 Å². The fraction of sp³-hybridized carbons (Fsp3) is 0.167. The van der Waals surface area contributed by atoms with Gasteiger partial charge in [0.25, 0.3) is 11.1 Å². The highest BCUT2D eigenvalue weighted by Crippen LogP contribution is 2.33. The van der Waals surface area contributed by atoms with Crippen molar-refractivity contribution in [2.24, 2.45) is 0 Å². The van der Waals surface area contributed by atoms with Crippen LogP contribution in [0.1, 0.15) is 18.2 Å². The third kappa shape index (κ3) is 3.65. The largest absolute Gasteiger partial charge is 0.494 e. The van der Waals surface area contributed by atoms with Crippen molar-refractivity contribution in [1.82, 2.24) is 9.88 Å². The van der Waals surface area contributed by atoms with Gasteiger partial charge in [0.15, 0.2) is 0 Å². The Labute approximate surface area is 144 Å². The van der Waals surface area contributed by atoms with Gasteiger partial charge in [-0.3, -0.25) is 19.5 Å². The van der Waals surface area contributed by atoms with E-state index in [1.807, 2.05) is 37.3 Å². The number of amides is 2. The van der Waals surface area contributed by atoms with E-state index in [2.05, 4.69) is 4.98 Å². The lowest BCUT2D eigenvalue weighted by Crippen LogP contribution is -2.27. The predicted octanol–water partition coefficient (Wildman–Crippen LogP) is 3.72. The molecule has 1 aliphatic rings. The molecule has 24 heavy (non-hydrogen) atoms. The van der Waals surface area contributed by atoms with Crippen molar-refractivity contribution in [2.75, 3.05) is 6.61 Å². The van der Waals surface area contributed by atoms with Crippen LogP contribution in [-0.4, -0.2) is 27.6 Å². The molecular formula is C18H16N2O3S. The molecule has 1 fully saturated rings. The van der Waals surface area contributed by atoms with Gasteiger partial charge in [-0.15, -0.1) is 0 Å². The molecule has 1 aromatic carbocycles. The maximum atomic E-state index is 12.5. The second kappa shape index (κ2) is 7.31. The van der Waals surface area contributed by atoms with Crippen LogP contribution in [0.5, 0.6) is 5.75 Å². The summed E-state index contributed by atoms with van der Waals surface area (Å²) >= 11 is 0.950. The number of thioether (sulfide) groups is 1. The van der Waals surface area contributed by atoms with Gasteiger partial charge in [0.05, 0.1) is 23.8 Å². The first kappa shape index (κ1) is 16.3. The summed E-state index contributed by atoms with van der Waals surface area (Å²) in [5, 5.41) is -0.275. The molecule has 2 amide bonds. The average molecular weight is 340 g/mol. The summed E-state index contributed by atoms with van der Waals surface area (Å²) in [5.41, 5.74) is 1.53. The van der Waals surface area contributed by atoms with Crippen molar-refractivity contribution in [3.05, 3.63) is 64.8 Å². The van der Waals surface area contributed by atoms with Crippen LogP contribution in [0.3, 0.4) is 0 Å². The van der Waals surface area contributed by atoms with Gasteiger partial charge in [-0.25, -0.2) is 0 Å². The molecule has 2 heterocycles. The molecule has 0 N–H and O–H groups in total. The van der Waals surface area contributed by atoms with Gasteiger partial charge in [0, 0.05) is 6.20 Å². The second-order valence-corrected chi connectivity index (χ2v) is 6.08. The number of pyridine rings is 1. The minimum absolute atomic E-state index is 0.187. The monoisotopic (exact) mass is 340 g/mol.